The van der Waals surface area contributed by atoms with E-state index in [1.165, 1.54) is 23.2 Å². The third-order valence-electron chi connectivity index (χ3n) is 7.92. The molecule has 3 fully saturated rings. The molecule has 2 aliphatic carbocycles. The number of carbonyl (C=O) groups is 2. The van der Waals surface area contributed by atoms with Gasteiger partial charge in [0.25, 0.3) is 0 Å². The zero-order valence-electron chi connectivity index (χ0n) is 21.5. The lowest BCUT2D eigenvalue weighted by Gasteiger charge is -2.29. The maximum atomic E-state index is 14.0. The molecule has 0 bridgehead atoms. The Bertz CT molecular complexity index is 1660. The summed E-state index contributed by atoms with van der Waals surface area (Å²) in [7, 11) is -4.06. The zero-order chi connectivity index (χ0) is 29.0. The molecule has 1 aliphatic heterocycles. The molecule has 14 heteroatoms. The monoisotopic (exact) mass is 614 g/mol. The third kappa shape index (κ3) is 5.03. The second-order valence-electron chi connectivity index (χ2n) is 10.6. The van der Waals surface area contributed by atoms with E-state index >= 15 is 0 Å². The summed E-state index contributed by atoms with van der Waals surface area (Å²) >= 11 is 12.4. The molecule has 1 aromatic carbocycles. The Morgan fingerprint density at radius 1 is 1.15 bits per heavy atom. The molecule has 3 aliphatic rings. The Morgan fingerprint density at radius 2 is 1.93 bits per heavy atom. The molecular weight excluding hydrogens is 591 g/mol. The van der Waals surface area contributed by atoms with Crippen LogP contribution in [0.4, 0.5) is 4.79 Å². The summed E-state index contributed by atoms with van der Waals surface area (Å²) in [4.78, 5) is 36.1. The summed E-state index contributed by atoms with van der Waals surface area (Å²) in [6.45, 7) is -0.203. The molecule has 0 unspecified atom stereocenters. The van der Waals surface area contributed by atoms with E-state index in [0.717, 1.165) is 0 Å². The van der Waals surface area contributed by atoms with Crippen LogP contribution >= 0.6 is 23.2 Å². The largest absolute Gasteiger partial charge is 0.425 e. The van der Waals surface area contributed by atoms with Crippen molar-refractivity contribution >= 4 is 45.0 Å². The number of hydrogen-bond donors (Lipinski definition) is 1. The van der Waals surface area contributed by atoms with Crippen molar-refractivity contribution in [1.29, 1.82) is 5.26 Å². The minimum Gasteiger partial charge on any atom is -0.425 e. The van der Waals surface area contributed by atoms with Crippen LogP contribution in [-0.4, -0.2) is 63.4 Å². The summed E-state index contributed by atoms with van der Waals surface area (Å²) in [5.74, 6) is -0.361. The summed E-state index contributed by atoms with van der Waals surface area (Å²) in [6.07, 6.45) is 6.22. The molecule has 1 N–H and O–H groups in total. The summed E-state index contributed by atoms with van der Waals surface area (Å²) in [6, 6.07) is 9.93. The molecule has 41 heavy (non-hydrogen) atoms. The van der Waals surface area contributed by atoms with E-state index in [-0.39, 0.29) is 33.9 Å². The van der Waals surface area contributed by atoms with Gasteiger partial charge in [-0.05, 0) is 55.5 Å². The van der Waals surface area contributed by atoms with Crippen molar-refractivity contribution in [3.63, 3.8) is 0 Å². The van der Waals surface area contributed by atoms with Gasteiger partial charge in [0.1, 0.15) is 10.7 Å². The minimum atomic E-state index is -4.06. The zero-order valence-corrected chi connectivity index (χ0v) is 23.9. The lowest BCUT2D eigenvalue weighted by molar-refractivity contribution is -0.140. The van der Waals surface area contributed by atoms with Crippen molar-refractivity contribution in [2.75, 3.05) is 6.54 Å². The van der Waals surface area contributed by atoms with Gasteiger partial charge >= 0.3 is 6.09 Å². The van der Waals surface area contributed by atoms with E-state index < -0.39 is 38.4 Å². The van der Waals surface area contributed by atoms with Crippen LogP contribution in [0.3, 0.4) is 0 Å². The van der Waals surface area contributed by atoms with Gasteiger partial charge in [-0.3, -0.25) is 4.79 Å². The first kappa shape index (κ1) is 27.5. The molecule has 2 aromatic heterocycles. The van der Waals surface area contributed by atoms with Crippen molar-refractivity contribution in [1.82, 2.24) is 24.8 Å². The number of ether oxygens (including phenoxy) is 1. The predicted molar refractivity (Wildman–Crippen MR) is 147 cm³/mol. The molecule has 2 amide bonds. The topological polar surface area (TPSA) is 147 Å². The van der Waals surface area contributed by atoms with Gasteiger partial charge in [-0.2, -0.15) is 5.26 Å². The molecule has 1 saturated heterocycles. The molecule has 212 valence electrons. The number of imidazole rings is 1. The smallest absolute Gasteiger partial charge is 0.410 e. The number of benzene rings is 1. The number of alkyl carbamates (subject to hydrolysis) is 1. The summed E-state index contributed by atoms with van der Waals surface area (Å²) in [5, 5.41) is 11.1. The van der Waals surface area contributed by atoms with Crippen LogP contribution in [0.15, 0.2) is 60.1 Å². The number of carbonyl (C=O) groups excluding carboxylic acids is 2. The molecule has 2 atom stereocenters. The SMILES string of the molecule is N#CC1(NC(=O)O[C@H]2C[C@@H](S(=O)(=O)c3ccc(-n4ccnc4)cc3Cl)CN2C(=O)C2(c3ccc(Cl)nc3)CC2)CC1. The van der Waals surface area contributed by atoms with Crippen LogP contribution in [0.1, 0.15) is 37.7 Å². The molecule has 6 rings (SSSR count). The third-order valence-corrected chi connectivity index (χ3v) is 10.8. The highest BCUT2D eigenvalue weighted by Crippen LogP contribution is 2.51. The van der Waals surface area contributed by atoms with Crippen molar-refractivity contribution < 1.29 is 22.7 Å². The van der Waals surface area contributed by atoms with E-state index in [4.69, 9.17) is 27.9 Å². The first-order valence-corrected chi connectivity index (χ1v) is 15.2. The van der Waals surface area contributed by atoms with Gasteiger partial charge in [0.2, 0.25) is 5.91 Å². The van der Waals surface area contributed by atoms with E-state index in [0.29, 0.717) is 36.9 Å². The van der Waals surface area contributed by atoms with Gasteiger partial charge in [-0.1, -0.05) is 29.3 Å². The fourth-order valence-corrected chi connectivity index (χ4v) is 7.54. The number of halogens is 2. The second-order valence-corrected chi connectivity index (χ2v) is 13.6. The molecular formula is C27H24Cl2N6O5S. The molecule has 2 saturated carbocycles. The highest BCUT2D eigenvalue weighted by atomic mass is 35.5. The summed E-state index contributed by atoms with van der Waals surface area (Å²) in [5.41, 5.74) is -0.622. The van der Waals surface area contributed by atoms with Crippen molar-refractivity contribution in [3.8, 4) is 11.8 Å². The number of sulfone groups is 1. The first-order chi connectivity index (χ1) is 19.6. The minimum absolute atomic E-state index is 0.0202. The Hall–Kier alpha value is -3.66. The highest BCUT2D eigenvalue weighted by molar-refractivity contribution is 7.92. The van der Waals surface area contributed by atoms with Gasteiger partial charge in [0.05, 0.1) is 33.0 Å². The number of amides is 2. The van der Waals surface area contributed by atoms with Crippen LogP contribution in [0.25, 0.3) is 5.69 Å². The Balaban J connectivity index is 1.29. The predicted octanol–water partition coefficient (Wildman–Crippen LogP) is 3.79. The Kier molecular flexibility index (Phi) is 6.71. The number of nitrogens with zero attached hydrogens (tertiary/aromatic N) is 5. The maximum absolute atomic E-state index is 14.0. The van der Waals surface area contributed by atoms with Gasteiger partial charge in [-0.25, -0.2) is 23.2 Å². The van der Waals surface area contributed by atoms with Crippen LogP contribution in [0.5, 0.6) is 0 Å². The van der Waals surface area contributed by atoms with Crippen LogP contribution < -0.4 is 5.32 Å². The average Bonchev–Trinajstić information content (AvgIpc) is 3.80. The van der Waals surface area contributed by atoms with E-state index in [9.17, 15) is 23.3 Å². The van der Waals surface area contributed by atoms with Crippen LogP contribution in [0, 0.1) is 11.3 Å². The number of pyridine rings is 1. The Labute approximate surface area is 246 Å². The normalized spacial score (nSPS) is 22.0. The molecule has 3 aromatic rings. The number of nitriles is 1. The number of rotatable bonds is 7. The first-order valence-electron chi connectivity index (χ1n) is 12.9. The lowest BCUT2D eigenvalue weighted by Crippen LogP contribution is -2.47. The number of aromatic nitrogens is 3. The van der Waals surface area contributed by atoms with E-state index in [1.54, 1.807) is 41.5 Å². The van der Waals surface area contributed by atoms with Crippen molar-refractivity contribution in [2.24, 2.45) is 0 Å². The van der Waals surface area contributed by atoms with Gasteiger partial charge < -0.3 is 19.5 Å². The van der Waals surface area contributed by atoms with E-state index in [1.807, 2.05) is 0 Å². The quantitative estimate of drug-likeness (QED) is 0.395. The average molecular weight is 615 g/mol. The summed E-state index contributed by atoms with van der Waals surface area (Å²) < 4.78 is 35.0. The number of nitrogens with one attached hydrogen (secondary N) is 1. The second kappa shape index (κ2) is 10.0. The van der Waals surface area contributed by atoms with Crippen molar-refractivity contribution in [2.45, 2.75) is 59.4 Å². The molecule has 11 nitrogen and oxygen atoms in total. The standard InChI is InChI=1S/C27H24Cl2N6O5S/c28-20-11-18(34-10-9-31-16-34)2-3-21(20)41(38,39)19-12-23(40-25(37)33-26(15-30)5-6-26)35(14-19)24(36)27(7-8-27)17-1-4-22(29)32-13-17/h1-4,9-11,13,16,19,23H,5-8,12,14H2,(H,33,37)/t19-,23+/m1/s1. The lowest BCUT2D eigenvalue weighted by atomic mass is 9.96. The van der Waals surface area contributed by atoms with Crippen LogP contribution in [-0.2, 0) is 24.8 Å². The van der Waals surface area contributed by atoms with Gasteiger partial charge in [0, 0.05) is 37.2 Å². The molecule has 0 radical (unpaired) electrons. The van der Waals surface area contributed by atoms with Crippen molar-refractivity contribution in [3.05, 3.63) is 71.0 Å². The molecule has 0 spiro atoms. The fourth-order valence-electron chi connectivity index (χ4n) is 5.21. The van der Waals surface area contributed by atoms with Gasteiger partial charge in [0.15, 0.2) is 16.1 Å². The van der Waals surface area contributed by atoms with Gasteiger partial charge in [-0.15, -0.1) is 0 Å². The van der Waals surface area contributed by atoms with E-state index in [2.05, 4.69) is 21.4 Å². The Morgan fingerprint density at radius 3 is 2.51 bits per heavy atom. The fraction of sp³-hybridized carbons (Fsp3) is 0.370. The molecule has 3 heterocycles. The maximum Gasteiger partial charge on any atom is 0.410 e. The number of hydrogen-bond acceptors (Lipinski definition) is 8. The highest BCUT2D eigenvalue weighted by Gasteiger charge is 2.57. The van der Waals surface area contributed by atoms with Crippen LogP contribution in [0.2, 0.25) is 10.2 Å². The number of likely N-dealkylation sites (tertiary alicyclic amines) is 1.